The predicted octanol–water partition coefficient (Wildman–Crippen LogP) is 5.31. The maximum absolute atomic E-state index is 13.3. The Bertz CT molecular complexity index is 1540. The molecule has 0 saturated carbocycles. The summed E-state index contributed by atoms with van der Waals surface area (Å²) in [6, 6.07) is 17.0. The van der Waals surface area contributed by atoms with Crippen molar-refractivity contribution in [2.45, 2.75) is 19.9 Å². The van der Waals surface area contributed by atoms with Gasteiger partial charge < -0.3 is 10.4 Å². The Morgan fingerprint density at radius 3 is 2.53 bits per heavy atom. The lowest BCUT2D eigenvalue weighted by Gasteiger charge is -2.20. The van der Waals surface area contributed by atoms with E-state index in [1.54, 1.807) is 49.5 Å². The number of carbonyl (C=O) groups is 1. The van der Waals surface area contributed by atoms with Gasteiger partial charge in [-0.25, -0.2) is 9.78 Å². The molecule has 0 radical (unpaired) electrons. The van der Waals surface area contributed by atoms with Gasteiger partial charge in [0.15, 0.2) is 0 Å². The molecule has 4 aromatic rings. The van der Waals surface area contributed by atoms with Gasteiger partial charge in [0.25, 0.3) is 5.56 Å². The number of anilines is 1. The van der Waals surface area contributed by atoms with Crippen LogP contribution in [0.5, 0.6) is 0 Å². The molecule has 170 valence electrons. The van der Waals surface area contributed by atoms with Crippen molar-refractivity contribution in [1.29, 1.82) is 5.26 Å². The van der Waals surface area contributed by atoms with E-state index in [2.05, 4.69) is 11.4 Å². The van der Waals surface area contributed by atoms with Gasteiger partial charge in [-0.1, -0.05) is 17.7 Å². The highest BCUT2D eigenvalue weighted by Crippen LogP contribution is 2.30. The number of hydrogen-bond donors (Lipinski definition) is 2. The topological polar surface area (TPSA) is 108 Å². The molecule has 7 nitrogen and oxygen atoms in total. The summed E-state index contributed by atoms with van der Waals surface area (Å²) in [4.78, 5) is 29.8. The largest absolute Gasteiger partial charge is 0.478 e. The van der Waals surface area contributed by atoms with Crippen LogP contribution < -0.4 is 10.9 Å². The number of nitriles is 1. The first kappa shape index (κ1) is 23.0. The quantitative estimate of drug-likeness (QED) is 0.407. The van der Waals surface area contributed by atoms with Crippen molar-refractivity contribution in [3.8, 4) is 17.5 Å². The number of carboxylic acids is 1. The van der Waals surface area contributed by atoms with Crippen LogP contribution in [0.15, 0.2) is 59.4 Å². The Morgan fingerprint density at radius 2 is 1.88 bits per heavy atom. The average molecular weight is 473 g/mol. The number of aromatic nitrogens is 2. The highest BCUT2D eigenvalue weighted by molar-refractivity contribution is 6.31. The standard InChI is InChI=1S/C26H21ClN4O3/c1-14-10-19(15(2)29-22-9-8-18(27)12-20(22)26(33)34)23-21(11-14)25(32)31(3)24(30-23)17-6-4-16(13-28)5-7-17/h4-12,15,29H,1-3H3,(H,33,34)/t15-/m1/s1. The second kappa shape index (κ2) is 9.00. The fourth-order valence-electron chi connectivity index (χ4n) is 3.96. The van der Waals surface area contributed by atoms with E-state index < -0.39 is 5.97 Å². The second-order valence-electron chi connectivity index (χ2n) is 8.10. The molecule has 0 unspecified atom stereocenters. The van der Waals surface area contributed by atoms with Crippen molar-refractivity contribution < 1.29 is 9.90 Å². The number of aryl methyl sites for hydroxylation is 1. The van der Waals surface area contributed by atoms with Crippen LogP contribution >= 0.6 is 11.6 Å². The van der Waals surface area contributed by atoms with E-state index in [0.717, 1.165) is 11.1 Å². The molecular weight excluding hydrogens is 452 g/mol. The van der Waals surface area contributed by atoms with Gasteiger partial charge in [-0.15, -0.1) is 0 Å². The monoisotopic (exact) mass is 472 g/mol. The predicted molar refractivity (Wildman–Crippen MR) is 132 cm³/mol. The van der Waals surface area contributed by atoms with Gasteiger partial charge in [-0.05, 0) is 67.9 Å². The van der Waals surface area contributed by atoms with Crippen LogP contribution in [0.4, 0.5) is 5.69 Å². The number of benzene rings is 3. The van der Waals surface area contributed by atoms with Crippen molar-refractivity contribution in [3.63, 3.8) is 0 Å². The first-order valence-electron chi connectivity index (χ1n) is 10.5. The van der Waals surface area contributed by atoms with Gasteiger partial charge in [-0.3, -0.25) is 9.36 Å². The van der Waals surface area contributed by atoms with Crippen LogP contribution in [0.2, 0.25) is 5.02 Å². The molecule has 34 heavy (non-hydrogen) atoms. The van der Waals surface area contributed by atoms with E-state index in [9.17, 15) is 14.7 Å². The Balaban J connectivity index is 1.88. The summed E-state index contributed by atoms with van der Waals surface area (Å²) in [5.41, 5.74) is 3.66. The molecule has 1 heterocycles. The van der Waals surface area contributed by atoms with Crippen molar-refractivity contribution in [3.05, 3.63) is 92.2 Å². The van der Waals surface area contributed by atoms with Crippen molar-refractivity contribution in [1.82, 2.24) is 9.55 Å². The average Bonchev–Trinajstić information content (AvgIpc) is 2.82. The second-order valence-corrected chi connectivity index (χ2v) is 8.54. The van der Waals surface area contributed by atoms with Crippen LogP contribution in [-0.2, 0) is 7.05 Å². The molecule has 0 amide bonds. The summed E-state index contributed by atoms with van der Waals surface area (Å²) >= 11 is 5.98. The van der Waals surface area contributed by atoms with E-state index >= 15 is 0 Å². The number of nitrogens with zero attached hydrogens (tertiary/aromatic N) is 3. The van der Waals surface area contributed by atoms with Crippen molar-refractivity contribution >= 4 is 34.2 Å². The van der Waals surface area contributed by atoms with Gasteiger partial charge in [0, 0.05) is 28.9 Å². The number of nitrogens with one attached hydrogen (secondary N) is 1. The highest BCUT2D eigenvalue weighted by Gasteiger charge is 2.19. The minimum Gasteiger partial charge on any atom is -0.478 e. The molecule has 1 atom stereocenters. The molecule has 0 aliphatic carbocycles. The summed E-state index contributed by atoms with van der Waals surface area (Å²) in [6.07, 6.45) is 0. The Morgan fingerprint density at radius 1 is 1.18 bits per heavy atom. The van der Waals surface area contributed by atoms with Crippen LogP contribution in [-0.4, -0.2) is 20.6 Å². The fraction of sp³-hybridized carbons (Fsp3) is 0.154. The third kappa shape index (κ3) is 4.24. The van der Waals surface area contributed by atoms with Crippen LogP contribution in [0, 0.1) is 18.3 Å². The molecule has 0 fully saturated rings. The van der Waals surface area contributed by atoms with E-state index in [0.29, 0.717) is 38.6 Å². The molecule has 1 aromatic heterocycles. The lowest BCUT2D eigenvalue weighted by Crippen LogP contribution is -2.22. The third-order valence-corrected chi connectivity index (χ3v) is 5.91. The van der Waals surface area contributed by atoms with Gasteiger partial charge in [0.1, 0.15) is 5.82 Å². The number of hydrogen-bond acceptors (Lipinski definition) is 5. The lowest BCUT2D eigenvalue weighted by molar-refractivity contribution is 0.0698. The zero-order valence-corrected chi connectivity index (χ0v) is 19.5. The first-order chi connectivity index (χ1) is 16.2. The zero-order chi connectivity index (χ0) is 24.6. The normalized spacial score (nSPS) is 11.7. The highest BCUT2D eigenvalue weighted by atomic mass is 35.5. The SMILES string of the molecule is Cc1cc([C@@H](C)Nc2ccc(Cl)cc2C(=O)O)c2nc(-c3ccc(C#N)cc3)n(C)c(=O)c2c1. The van der Waals surface area contributed by atoms with E-state index in [4.69, 9.17) is 21.8 Å². The molecule has 8 heteroatoms. The summed E-state index contributed by atoms with van der Waals surface area (Å²) in [5.74, 6) is -0.626. The number of carboxylic acid groups (broad SMARTS) is 1. The van der Waals surface area contributed by atoms with Crippen LogP contribution in [0.3, 0.4) is 0 Å². The number of rotatable bonds is 5. The molecule has 0 aliphatic heterocycles. The molecule has 0 bridgehead atoms. The van der Waals surface area contributed by atoms with Crippen molar-refractivity contribution in [2.75, 3.05) is 5.32 Å². The maximum Gasteiger partial charge on any atom is 0.337 e. The fourth-order valence-corrected chi connectivity index (χ4v) is 4.14. The molecule has 4 rings (SSSR count). The van der Waals surface area contributed by atoms with E-state index in [1.807, 2.05) is 19.9 Å². The molecule has 0 saturated heterocycles. The molecule has 3 aromatic carbocycles. The summed E-state index contributed by atoms with van der Waals surface area (Å²) in [7, 11) is 1.67. The van der Waals surface area contributed by atoms with Gasteiger partial charge >= 0.3 is 5.97 Å². The summed E-state index contributed by atoms with van der Waals surface area (Å²) < 4.78 is 1.49. The third-order valence-electron chi connectivity index (χ3n) is 5.68. The van der Waals surface area contributed by atoms with E-state index in [1.165, 1.54) is 10.6 Å². The van der Waals surface area contributed by atoms with Gasteiger partial charge in [0.2, 0.25) is 0 Å². The Hall–Kier alpha value is -4.15. The molecular formula is C26H21ClN4O3. The summed E-state index contributed by atoms with van der Waals surface area (Å²) in [6.45, 7) is 3.78. The minimum absolute atomic E-state index is 0.0541. The number of fused-ring (bicyclic) bond motifs is 1. The number of aromatic carboxylic acids is 1. The molecule has 0 aliphatic rings. The summed E-state index contributed by atoms with van der Waals surface area (Å²) in [5, 5.41) is 22.7. The Labute approximate surface area is 200 Å². The minimum atomic E-state index is -1.10. The van der Waals surface area contributed by atoms with Crippen LogP contribution in [0.25, 0.3) is 22.3 Å². The van der Waals surface area contributed by atoms with Gasteiger partial charge in [-0.2, -0.15) is 5.26 Å². The smallest absolute Gasteiger partial charge is 0.337 e. The Kier molecular flexibility index (Phi) is 6.10. The number of halogens is 1. The van der Waals surface area contributed by atoms with E-state index in [-0.39, 0.29) is 17.2 Å². The molecule has 0 spiro atoms. The van der Waals surface area contributed by atoms with Gasteiger partial charge in [0.05, 0.1) is 34.1 Å². The van der Waals surface area contributed by atoms with Crippen molar-refractivity contribution in [2.24, 2.45) is 7.05 Å². The zero-order valence-electron chi connectivity index (χ0n) is 18.8. The lowest BCUT2D eigenvalue weighted by atomic mass is 10.00. The van der Waals surface area contributed by atoms with Crippen LogP contribution in [0.1, 0.15) is 40.0 Å². The molecule has 2 N–H and O–H groups in total. The maximum atomic E-state index is 13.3. The first-order valence-corrected chi connectivity index (χ1v) is 10.9.